The number of nitrogens with one attached hydrogen (secondary N) is 1. The maximum absolute atomic E-state index is 12.3. The van der Waals surface area contributed by atoms with Gasteiger partial charge in [0, 0.05) is 18.9 Å². The Hall–Kier alpha value is -2.95. The van der Waals surface area contributed by atoms with E-state index >= 15 is 0 Å². The smallest absolute Gasteiger partial charge is 0.260 e. The number of fused-ring (bicyclic) bond motifs is 1. The summed E-state index contributed by atoms with van der Waals surface area (Å²) in [6.45, 7) is 0.445. The first-order valence-electron chi connectivity index (χ1n) is 6.99. The summed E-state index contributed by atoms with van der Waals surface area (Å²) < 4.78 is 1.39. The monoisotopic (exact) mass is 293 g/mol. The summed E-state index contributed by atoms with van der Waals surface area (Å²) in [4.78, 5) is 28.4. The number of hydrogen-bond acceptors (Lipinski definition) is 3. The highest BCUT2D eigenvalue weighted by Crippen LogP contribution is 2.04. The predicted molar refractivity (Wildman–Crippen MR) is 84.3 cm³/mol. The van der Waals surface area contributed by atoms with E-state index in [2.05, 4.69) is 10.3 Å². The summed E-state index contributed by atoms with van der Waals surface area (Å²) in [5.74, 6) is -0.200. The number of carbonyl (C=O) groups excluding carboxylic acids is 1. The fraction of sp³-hybridized carbons (Fsp3) is 0.118. The Morgan fingerprint density at radius 3 is 2.73 bits per heavy atom. The number of pyridine rings is 2. The molecule has 3 aromatic rings. The Morgan fingerprint density at radius 2 is 1.91 bits per heavy atom. The lowest BCUT2D eigenvalue weighted by atomic mass is 10.2. The Labute approximate surface area is 127 Å². The molecule has 0 spiro atoms. The molecule has 0 fully saturated rings. The van der Waals surface area contributed by atoms with Crippen molar-refractivity contribution in [3.05, 3.63) is 76.8 Å². The van der Waals surface area contributed by atoms with Gasteiger partial charge in [-0.05, 0) is 23.8 Å². The number of hydrogen-bond donors (Lipinski definition) is 1. The number of nitrogens with zero attached hydrogens (tertiary/aromatic N) is 2. The minimum atomic E-state index is -0.208. The third-order valence-corrected chi connectivity index (χ3v) is 3.39. The van der Waals surface area contributed by atoms with Crippen LogP contribution in [0.1, 0.15) is 5.56 Å². The van der Waals surface area contributed by atoms with Crippen molar-refractivity contribution in [3.63, 3.8) is 0 Å². The van der Waals surface area contributed by atoms with Gasteiger partial charge in [-0.2, -0.15) is 0 Å². The molecule has 0 radical (unpaired) electrons. The normalized spacial score (nSPS) is 10.5. The number of amides is 1. The second kappa shape index (κ2) is 6.22. The highest BCUT2D eigenvalue weighted by molar-refractivity contribution is 5.78. The average molecular weight is 293 g/mol. The van der Waals surface area contributed by atoms with Crippen molar-refractivity contribution >= 4 is 16.8 Å². The molecule has 5 heteroatoms. The molecule has 0 aliphatic heterocycles. The molecule has 1 N–H and O–H groups in total. The molecular formula is C17H15N3O2. The summed E-state index contributed by atoms with van der Waals surface area (Å²) in [7, 11) is 0. The molecule has 0 bridgehead atoms. The lowest BCUT2D eigenvalue weighted by Gasteiger charge is -2.08. The van der Waals surface area contributed by atoms with Crippen LogP contribution in [-0.2, 0) is 17.9 Å². The van der Waals surface area contributed by atoms with Gasteiger partial charge in [-0.25, -0.2) is 0 Å². The molecule has 0 unspecified atom stereocenters. The van der Waals surface area contributed by atoms with Gasteiger partial charge in [0.15, 0.2) is 0 Å². The molecule has 110 valence electrons. The third-order valence-electron chi connectivity index (χ3n) is 3.39. The van der Waals surface area contributed by atoms with Crippen molar-refractivity contribution in [1.82, 2.24) is 14.9 Å². The first-order chi connectivity index (χ1) is 10.7. The molecule has 0 aliphatic rings. The summed E-state index contributed by atoms with van der Waals surface area (Å²) in [5, 5.41) is 3.32. The summed E-state index contributed by atoms with van der Waals surface area (Å²) >= 11 is 0. The van der Waals surface area contributed by atoms with Crippen LogP contribution in [0.2, 0.25) is 0 Å². The van der Waals surface area contributed by atoms with E-state index in [0.29, 0.717) is 17.4 Å². The Morgan fingerprint density at radius 1 is 1.09 bits per heavy atom. The number of aromatic nitrogens is 2. The van der Waals surface area contributed by atoms with Crippen molar-refractivity contribution in [3.8, 4) is 0 Å². The molecule has 5 nitrogen and oxygen atoms in total. The number of benzene rings is 1. The summed E-state index contributed by atoms with van der Waals surface area (Å²) in [6, 6.07) is 14.8. The van der Waals surface area contributed by atoms with E-state index in [9.17, 15) is 9.59 Å². The predicted octanol–water partition coefficient (Wildman–Crippen LogP) is 1.71. The van der Waals surface area contributed by atoms with Crippen LogP contribution in [-0.4, -0.2) is 15.5 Å². The van der Waals surface area contributed by atoms with E-state index < -0.39 is 0 Å². The van der Waals surface area contributed by atoms with Gasteiger partial charge in [0.1, 0.15) is 6.54 Å². The zero-order valence-corrected chi connectivity index (χ0v) is 11.9. The second-order valence-corrected chi connectivity index (χ2v) is 4.95. The van der Waals surface area contributed by atoms with Crippen LogP contribution in [0.15, 0.2) is 65.7 Å². The average Bonchev–Trinajstić information content (AvgIpc) is 2.57. The molecule has 0 saturated heterocycles. The second-order valence-electron chi connectivity index (χ2n) is 4.95. The highest BCUT2D eigenvalue weighted by atomic mass is 16.2. The fourth-order valence-corrected chi connectivity index (χ4v) is 2.25. The molecule has 2 heterocycles. The zero-order valence-electron chi connectivity index (χ0n) is 11.9. The SMILES string of the molecule is O=C(Cn1ccc2ncccc2c1=O)NCc1ccccc1. The van der Waals surface area contributed by atoms with E-state index in [-0.39, 0.29) is 18.0 Å². The minimum Gasteiger partial charge on any atom is -0.350 e. The maximum atomic E-state index is 12.3. The lowest BCUT2D eigenvalue weighted by Crippen LogP contribution is -2.31. The van der Waals surface area contributed by atoms with Crippen molar-refractivity contribution < 1.29 is 4.79 Å². The topological polar surface area (TPSA) is 64.0 Å². The molecule has 1 aromatic carbocycles. The van der Waals surface area contributed by atoms with E-state index in [1.165, 1.54) is 4.57 Å². The summed E-state index contributed by atoms with van der Waals surface area (Å²) in [6.07, 6.45) is 3.23. The maximum Gasteiger partial charge on any atom is 0.260 e. The highest BCUT2D eigenvalue weighted by Gasteiger charge is 2.07. The van der Waals surface area contributed by atoms with E-state index in [1.807, 2.05) is 30.3 Å². The third kappa shape index (κ3) is 3.03. The minimum absolute atomic E-state index is 0.00347. The van der Waals surface area contributed by atoms with Crippen LogP contribution in [0, 0.1) is 0 Å². The molecule has 3 rings (SSSR count). The van der Waals surface area contributed by atoms with E-state index in [1.54, 1.807) is 30.6 Å². The molecule has 1 amide bonds. The first-order valence-corrected chi connectivity index (χ1v) is 6.99. The van der Waals surface area contributed by atoms with Crippen molar-refractivity contribution in [2.75, 3.05) is 0 Å². The van der Waals surface area contributed by atoms with Crippen molar-refractivity contribution in [2.45, 2.75) is 13.1 Å². The quantitative estimate of drug-likeness (QED) is 0.796. The van der Waals surface area contributed by atoms with Crippen LogP contribution in [0.4, 0.5) is 0 Å². The van der Waals surface area contributed by atoms with Gasteiger partial charge < -0.3 is 9.88 Å². The fourth-order valence-electron chi connectivity index (χ4n) is 2.25. The number of rotatable bonds is 4. The van der Waals surface area contributed by atoms with Gasteiger partial charge in [-0.3, -0.25) is 14.6 Å². The molecule has 0 aliphatic carbocycles. The Balaban J connectivity index is 1.72. The zero-order chi connectivity index (χ0) is 15.4. The van der Waals surface area contributed by atoms with Crippen LogP contribution in [0.5, 0.6) is 0 Å². The van der Waals surface area contributed by atoms with Gasteiger partial charge in [-0.1, -0.05) is 30.3 Å². The standard InChI is InChI=1S/C17H15N3O2/c21-16(19-11-13-5-2-1-3-6-13)12-20-10-8-15-14(17(20)22)7-4-9-18-15/h1-10H,11-12H2,(H,19,21). The van der Waals surface area contributed by atoms with Crippen LogP contribution < -0.4 is 10.9 Å². The van der Waals surface area contributed by atoms with Gasteiger partial charge in [0.2, 0.25) is 5.91 Å². The van der Waals surface area contributed by atoms with Gasteiger partial charge >= 0.3 is 0 Å². The van der Waals surface area contributed by atoms with Gasteiger partial charge in [-0.15, -0.1) is 0 Å². The van der Waals surface area contributed by atoms with Crippen molar-refractivity contribution in [2.24, 2.45) is 0 Å². The van der Waals surface area contributed by atoms with Crippen LogP contribution in [0.3, 0.4) is 0 Å². The molecule has 2 aromatic heterocycles. The molecular weight excluding hydrogens is 278 g/mol. The molecule has 0 atom stereocenters. The first kappa shape index (κ1) is 14.0. The molecule has 0 saturated carbocycles. The Kier molecular flexibility index (Phi) is 3.96. The lowest BCUT2D eigenvalue weighted by molar-refractivity contribution is -0.121. The van der Waals surface area contributed by atoms with Crippen LogP contribution in [0.25, 0.3) is 10.9 Å². The summed E-state index contributed by atoms with van der Waals surface area (Å²) in [5.41, 5.74) is 1.44. The van der Waals surface area contributed by atoms with Crippen LogP contribution >= 0.6 is 0 Å². The van der Waals surface area contributed by atoms with Gasteiger partial charge in [0.05, 0.1) is 10.9 Å². The van der Waals surface area contributed by atoms with E-state index in [4.69, 9.17) is 0 Å². The number of carbonyl (C=O) groups is 1. The van der Waals surface area contributed by atoms with E-state index in [0.717, 1.165) is 5.56 Å². The van der Waals surface area contributed by atoms with Crippen molar-refractivity contribution in [1.29, 1.82) is 0 Å². The Bertz CT molecular complexity index is 856. The van der Waals surface area contributed by atoms with Gasteiger partial charge in [0.25, 0.3) is 5.56 Å². The molecule has 22 heavy (non-hydrogen) atoms. The largest absolute Gasteiger partial charge is 0.350 e.